The van der Waals surface area contributed by atoms with Crippen molar-refractivity contribution in [3.8, 4) is 0 Å². The van der Waals surface area contributed by atoms with Gasteiger partial charge in [0.1, 0.15) is 0 Å². The Hall–Kier alpha value is -1.54. The number of benzene rings is 1. The van der Waals surface area contributed by atoms with E-state index in [0.29, 0.717) is 12.2 Å². The molecule has 1 aliphatic rings. The third kappa shape index (κ3) is 7.13. The lowest BCUT2D eigenvalue weighted by atomic mass is 9.82. The van der Waals surface area contributed by atoms with Gasteiger partial charge in [-0.2, -0.15) is 9.59 Å². The van der Waals surface area contributed by atoms with E-state index in [9.17, 15) is 0 Å². The summed E-state index contributed by atoms with van der Waals surface area (Å²) in [7, 11) is -1.17. The second kappa shape index (κ2) is 12.1. The molecule has 1 aliphatic heterocycles. The molecule has 28 heavy (non-hydrogen) atoms. The van der Waals surface area contributed by atoms with Crippen LogP contribution < -0.4 is 5.73 Å². The maximum Gasteiger partial charge on any atom is 0.451 e. The van der Waals surface area contributed by atoms with Gasteiger partial charge in [-0.1, -0.05) is 31.0 Å². The van der Waals surface area contributed by atoms with Gasteiger partial charge < -0.3 is 15.8 Å². The minimum atomic E-state index is -1.17. The van der Waals surface area contributed by atoms with Crippen LogP contribution in [-0.4, -0.2) is 47.3 Å². The monoisotopic (exact) mass is 404 g/mol. The summed E-state index contributed by atoms with van der Waals surface area (Å²) in [5, 5.41) is 21.5. The van der Waals surface area contributed by atoms with Gasteiger partial charge in [0.05, 0.1) is 0 Å². The summed E-state index contributed by atoms with van der Waals surface area (Å²) >= 11 is 1.84. The Morgan fingerprint density at radius 1 is 1.21 bits per heavy atom. The summed E-state index contributed by atoms with van der Waals surface area (Å²) in [5.74, 6) is 0.606. The van der Waals surface area contributed by atoms with Crippen LogP contribution in [-0.2, 0) is 16.1 Å². The van der Waals surface area contributed by atoms with Crippen LogP contribution in [0.15, 0.2) is 29.6 Å². The molecular formula is C20H29BN2O4S. The van der Waals surface area contributed by atoms with Gasteiger partial charge in [0.25, 0.3) is 0 Å². The number of nitrogens with two attached hydrogens (primary N) is 1. The average Bonchev–Trinajstić information content (AvgIpc) is 3.09. The number of thiophene rings is 1. The zero-order valence-corrected chi connectivity index (χ0v) is 16.9. The highest BCUT2D eigenvalue weighted by Crippen LogP contribution is 2.29. The SMILES string of the molecule is NC(CCCCB(O)O)C1CCN(Cc2csc3ccccc23)CC1.O=C=O. The van der Waals surface area contributed by atoms with E-state index in [1.165, 1.54) is 28.5 Å². The van der Waals surface area contributed by atoms with E-state index < -0.39 is 7.12 Å². The van der Waals surface area contributed by atoms with Crippen LogP contribution in [0.1, 0.15) is 37.7 Å². The fourth-order valence-electron chi connectivity index (χ4n) is 3.88. The van der Waals surface area contributed by atoms with Gasteiger partial charge in [-0.15, -0.1) is 11.3 Å². The van der Waals surface area contributed by atoms with Crippen LogP contribution in [0.25, 0.3) is 10.1 Å². The molecule has 1 saturated heterocycles. The lowest BCUT2D eigenvalue weighted by Gasteiger charge is -2.34. The summed E-state index contributed by atoms with van der Waals surface area (Å²) < 4.78 is 1.38. The molecule has 1 aromatic heterocycles. The Morgan fingerprint density at radius 3 is 2.57 bits per heavy atom. The van der Waals surface area contributed by atoms with Crippen molar-refractivity contribution in [1.29, 1.82) is 0 Å². The molecule has 6 nitrogen and oxygen atoms in total. The molecule has 0 spiro atoms. The number of unbranched alkanes of at least 4 members (excludes halogenated alkanes) is 1. The highest BCUT2D eigenvalue weighted by atomic mass is 32.1. The second-order valence-corrected chi connectivity index (χ2v) is 8.29. The Labute approximate surface area is 170 Å². The number of rotatable bonds is 8. The lowest BCUT2D eigenvalue weighted by molar-refractivity contribution is -0.191. The molecule has 0 radical (unpaired) electrons. The van der Waals surface area contributed by atoms with Crippen molar-refractivity contribution in [3.63, 3.8) is 0 Å². The molecule has 2 aromatic rings. The first-order chi connectivity index (χ1) is 13.5. The number of likely N-dealkylation sites (tertiary alicyclic amines) is 1. The zero-order chi connectivity index (χ0) is 20.4. The van der Waals surface area contributed by atoms with Gasteiger partial charge in [-0.05, 0) is 67.0 Å². The molecule has 0 aliphatic carbocycles. The van der Waals surface area contributed by atoms with Gasteiger partial charge in [0, 0.05) is 17.3 Å². The van der Waals surface area contributed by atoms with Crippen LogP contribution in [0.4, 0.5) is 0 Å². The molecule has 1 aromatic carbocycles. The molecule has 1 fully saturated rings. The smallest absolute Gasteiger partial charge is 0.427 e. The Kier molecular flexibility index (Phi) is 9.85. The third-order valence-corrected chi connectivity index (χ3v) is 6.45. The Balaban J connectivity index is 0.000000878. The molecule has 1 unspecified atom stereocenters. The van der Waals surface area contributed by atoms with Crippen molar-refractivity contribution in [2.24, 2.45) is 11.7 Å². The Morgan fingerprint density at radius 2 is 1.89 bits per heavy atom. The predicted octanol–water partition coefficient (Wildman–Crippen LogP) is 2.50. The van der Waals surface area contributed by atoms with Crippen LogP contribution in [0, 0.1) is 5.92 Å². The highest BCUT2D eigenvalue weighted by molar-refractivity contribution is 7.17. The minimum absolute atomic E-state index is 0.250. The Bertz CT molecular complexity index is 741. The summed E-state index contributed by atoms with van der Waals surface area (Å²) in [5.41, 5.74) is 7.83. The topological polar surface area (TPSA) is 104 Å². The number of fused-ring (bicyclic) bond motifs is 1. The van der Waals surface area contributed by atoms with Crippen molar-refractivity contribution in [2.75, 3.05) is 13.1 Å². The third-order valence-electron chi connectivity index (χ3n) is 5.44. The maximum absolute atomic E-state index is 8.89. The summed E-state index contributed by atoms with van der Waals surface area (Å²) in [4.78, 5) is 18.8. The van der Waals surface area contributed by atoms with Gasteiger partial charge in [0.2, 0.25) is 0 Å². The normalized spacial score (nSPS) is 16.2. The van der Waals surface area contributed by atoms with Gasteiger partial charge in [-0.25, -0.2) is 0 Å². The molecule has 3 rings (SSSR count). The van der Waals surface area contributed by atoms with Crippen molar-refractivity contribution in [1.82, 2.24) is 4.90 Å². The second-order valence-electron chi connectivity index (χ2n) is 7.38. The first-order valence-electron chi connectivity index (χ1n) is 9.83. The van der Waals surface area contributed by atoms with E-state index in [2.05, 4.69) is 34.5 Å². The lowest BCUT2D eigenvalue weighted by Crippen LogP contribution is -2.40. The van der Waals surface area contributed by atoms with E-state index in [1.807, 2.05) is 11.3 Å². The van der Waals surface area contributed by atoms with Crippen molar-refractivity contribution >= 4 is 34.7 Å². The van der Waals surface area contributed by atoms with Gasteiger partial charge in [0.15, 0.2) is 0 Å². The quantitative estimate of drug-likeness (QED) is 0.461. The number of hydrogen-bond acceptors (Lipinski definition) is 7. The maximum atomic E-state index is 8.89. The average molecular weight is 404 g/mol. The molecular weight excluding hydrogens is 375 g/mol. The minimum Gasteiger partial charge on any atom is -0.427 e. The van der Waals surface area contributed by atoms with Crippen molar-refractivity contribution in [2.45, 2.75) is 51.0 Å². The number of piperidine rings is 1. The van der Waals surface area contributed by atoms with Crippen LogP contribution >= 0.6 is 11.3 Å². The van der Waals surface area contributed by atoms with Crippen LogP contribution in [0.3, 0.4) is 0 Å². The molecule has 0 saturated carbocycles. The van der Waals surface area contributed by atoms with Crippen molar-refractivity contribution in [3.05, 3.63) is 35.2 Å². The standard InChI is InChI=1S/C19H29BN2O2S.CO2/c21-18(6-3-4-10-20(23)24)15-8-11-22(12-9-15)13-16-14-25-19-7-2-1-5-17(16)19;2-1-3/h1-2,5,7,14-15,18,23-24H,3-4,6,8-13,21H2;. The first kappa shape index (κ1) is 22.8. The molecule has 0 bridgehead atoms. The molecule has 0 amide bonds. The zero-order valence-electron chi connectivity index (χ0n) is 16.1. The van der Waals surface area contributed by atoms with Gasteiger partial charge in [-0.3, -0.25) is 4.90 Å². The van der Waals surface area contributed by atoms with Crippen LogP contribution in [0.5, 0.6) is 0 Å². The van der Waals surface area contributed by atoms with E-state index in [0.717, 1.165) is 38.9 Å². The predicted molar refractivity (Wildman–Crippen MR) is 112 cm³/mol. The first-order valence-corrected chi connectivity index (χ1v) is 10.7. The highest BCUT2D eigenvalue weighted by Gasteiger charge is 2.24. The molecule has 152 valence electrons. The molecule has 1 atom stereocenters. The van der Waals surface area contributed by atoms with Gasteiger partial charge >= 0.3 is 13.3 Å². The van der Waals surface area contributed by atoms with E-state index >= 15 is 0 Å². The fraction of sp³-hybridized carbons (Fsp3) is 0.550. The summed E-state index contributed by atoms with van der Waals surface area (Å²) in [6.07, 6.45) is 5.87. The van der Waals surface area contributed by atoms with E-state index in [-0.39, 0.29) is 12.2 Å². The fourth-order valence-corrected chi connectivity index (χ4v) is 4.83. The molecule has 4 N–H and O–H groups in total. The van der Waals surface area contributed by atoms with E-state index in [4.69, 9.17) is 25.4 Å². The number of hydrogen-bond donors (Lipinski definition) is 3. The summed E-state index contributed by atoms with van der Waals surface area (Å²) in [6.45, 7) is 3.29. The van der Waals surface area contributed by atoms with E-state index in [1.54, 1.807) is 0 Å². The molecule has 8 heteroatoms. The molecule has 2 heterocycles. The largest absolute Gasteiger partial charge is 0.451 e. The number of carbonyl (C=O) groups excluding carboxylic acids is 2. The van der Waals surface area contributed by atoms with Crippen LogP contribution in [0.2, 0.25) is 6.32 Å². The number of nitrogens with zero attached hydrogens (tertiary/aromatic N) is 1. The summed E-state index contributed by atoms with van der Waals surface area (Å²) in [6, 6.07) is 8.91. The van der Waals surface area contributed by atoms with Crippen molar-refractivity contribution < 1.29 is 19.6 Å².